The van der Waals surface area contributed by atoms with Crippen LogP contribution in [0.5, 0.6) is 0 Å². The van der Waals surface area contributed by atoms with Gasteiger partial charge in [-0.25, -0.2) is 4.98 Å². The number of nitrogens with zero attached hydrogens (tertiary/aromatic N) is 4. The molecule has 2 aliphatic rings. The van der Waals surface area contributed by atoms with Crippen LogP contribution in [0.1, 0.15) is 23.2 Å². The number of hydrogen-bond acceptors (Lipinski definition) is 7. The van der Waals surface area contributed by atoms with Gasteiger partial charge in [0.1, 0.15) is 5.82 Å². The van der Waals surface area contributed by atoms with Crippen LogP contribution >= 0.6 is 0 Å². The molecule has 1 aliphatic carbocycles. The van der Waals surface area contributed by atoms with E-state index in [0.29, 0.717) is 23.4 Å². The smallest absolute Gasteiger partial charge is 0.227 e. The zero-order valence-corrected chi connectivity index (χ0v) is 16.9. The quantitative estimate of drug-likeness (QED) is 0.508. The van der Waals surface area contributed by atoms with Gasteiger partial charge in [0.05, 0.1) is 64.6 Å². The molecule has 1 fully saturated rings. The first-order valence-electron chi connectivity index (χ1n) is 9.83. The maximum Gasteiger partial charge on any atom is 0.227 e. The maximum absolute atomic E-state index is 10.4. The Balaban J connectivity index is 1.73. The number of aryl methyl sites for hydroxylation is 2. The Morgan fingerprint density at radius 2 is 1.77 bits per heavy atom. The fourth-order valence-corrected chi connectivity index (χ4v) is 4.18. The van der Waals surface area contributed by atoms with Gasteiger partial charge in [0.2, 0.25) is 5.95 Å². The Hall–Kier alpha value is -1.60. The molecule has 0 spiro atoms. The lowest BCUT2D eigenvalue weighted by molar-refractivity contribution is 0.169. The molecular formula is C17H18B6N6O. The highest BCUT2D eigenvalue weighted by atomic mass is 16.3. The summed E-state index contributed by atoms with van der Waals surface area (Å²) in [5, 5.41) is 13.8. The van der Waals surface area contributed by atoms with Gasteiger partial charge in [-0.1, -0.05) is 10.5 Å². The molecule has 0 aromatic carbocycles. The highest BCUT2D eigenvalue weighted by Crippen LogP contribution is 2.33. The van der Waals surface area contributed by atoms with Gasteiger partial charge >= 0.3 is 0 Å². The zero-order chi connectivity index (χ0) is 21.8. The van der Waals surface area contributed by atoms with Crippen LogP contribution < -0.4 is 10.6 Å². The first kappa shape index (κ1) is 21.6. The van der Waals surface area contributed by atoms with Crippen molar-refractivity contribution in [2.45, 2.75) is 48.8 Å². The first-order chi connectivity index (χ1) is 13.9. The number of likely N-dealkylation sites (tertiary alicyclic amines) is 1. The standard InChI is InChI=1S/C17H18B6N6O/c1-7-8-3-2-4-9(8)24-13-12(7)14(28-16(18,19)20)27-15(26-13)25-10-5-29(6-11(10)30)17(21,22)23/h10-11,30H,2-6H2,1H3,(H2,24,25,26,27,28). The minimum Gasteiger partial charge on any atom is -0.390 e. The molecule has 13 heteroatoms. The van der Waals surface area contributed by atoms with Crippen LogP contribution in [0.15, 0.2) is 0 Å². The third-order valence-electron chi connectivity index (χ3n) is 5.63. The second-order valence-corrected chi connectivity index (χ2v) is 8.28. The Kier molecular flexibility index (Phi) is 5.42. The van der Waals surface area contributed by atoms with E-state index >= 15 is 0 Å². The second-order valence-electron chi connectivity index (χ2n) is 8.28. The number of β-amino-alcohol motifs (C(OH)–C–C–N with tert-alkyl or cyclic N) is 1. The summed E-state index contributed by atoms with van der Waals surface area (Å²) in [6, 6.07) is -0.445. The molecule has 0 amide bonds. The Labute approximate surface area is 184 Å². The van der Waals surface area contributed by atoms with Crippen LogP contribution in [0, 0.1) is 6.92 Å². The van der Waals surface area contributed by atoms with Crippen molar-refractivity contribution >= 4 is 69.9 Å². The molecule has 2 aromatic rings. The summed E-state index contributed by atoms with van der Waals surface area (Å²) in [5.41, 5.74) is 3.74. The van der Waals surface area contributed by atoms with E-state index in [1.165, 1.54) is 5.56 Å². The summed E-state index contributed by atoms with van der Waals surface area (Å²) >= 11 is 0. The average Bonchev–Trinajstić information content (AvgIpc) is 3.20. The molecule has 0 saturated carbocycles. The van der Waals surface area contributed by atoms with Gasteiger partial charge in [-0.3, -0.25) is 0 Å². The fourth-order valence-electron chi connectivity index (χ4n) is 4.18. The minimum absolute atomic E-state index is 0.211. The van der Waals surface area contributed by atoms with E-state index in [4.69, 9.17) is 52.1 Å². The van der Waals surface area contributed by atoms with Gasteiger partial charge < -0.3 is 20.6 Å². The van der Waals surface area contributed by atoms with Gasteiger partial charge in [0.25, 0.3) is 0 Å². The van der Waals surface area contributed by atoms with Crippen molar-refractivity contribution in [3.63, 3.8) is 0 Å². The van der Waals surface area contributed by atoms with Gasteiger partial charge in [0, 0.05) is 18.8 Å². The second kappa shape index (κ2) is 7.52. The summed E-state index contributed by atoms with van der Waals surface area (Å²) in [6.07, 6.45) is 2.12. The number of pyridine rings is 1. The van der Waals surface area contributed by atoms with Crippen LogP contribution in [-0.4, -0.2) is 108 Å². The first-order valence-corrected chi connectivity index (χ1v) is 9.83. The highest BCUT2D eigenvalue weighted by molar-refractivity contribution is 6.60. The number of hydrogen-bond donors (Lipinski definition) is 3. The topological polar surface area (TPSA) is 86.2 Å². The van der Waals surface area contributed by atoms with Crippen LogP contribution in [0.25, 0.3) is 11.0 Å². The number of aliphatic hydroxyl groups excluding tert-OH is 1. The number of fused-ring (bicyclic) bond motifs is 2. The normalized spacial score (nSPS) is 22.3. The van der Waals surface area contributed by atoms with Crippen molar-refractivity contribution < 1.29 is 5.11 Å². The molecule has 7 nitrogen and oxygen atoms in total. The predicted molar refractivity (Wildman–Crippen MR) is 123 cm³/mol. The molecule has 1 aliphatic heterocycles. The van der Waals surface area contributed by atoms with E-state index in [0.717, 1.165) is 30.5 Å². The summed E-state index contributed by atoms with van der Waals surface area (Å²) in [4.78, 5) is 15.4. The van der Waals surface area contributed by atoms with E-state index in [2.05, 4.69) is 20.6 Å². The lowest BCUT2D eigenvalue weighted by atomic mass is 9.48. The molecule has 1 saturated heterocycles. The van der Waals surface area contributed by atoms with Gasteiger partial charge in [-0.05, 0) is 37.3 Å². The van der Waals surface area contributed by atoms with Crippen LogP contribution in [0.3, 0.4) is 0 Å². The Morgan fingerprint density at radius 3 is 2.40 bits per heavy atom. The monoisotopic (exact) mass is 388 g/mol. The third-order valence-corrected chi connectivity index (χ3v) is 5.63. The predicted octanol–water partition coefficient (Wildman–Crippen LogP) is -2.08. The number of anilines is 2. The molecule has 4 rings (SSSR count). The third kappa shape index (κ3) is 4.24. The van der Waals surface area contributed by atoms with Crippen molar-refractivity contribution in [1.82, 2.24) is 19.9 Å². The van der Waals surface area contributed by atoms with Crippen LogP contribution in [0.4, 0.5) is 11.8 Å². The van der Waals surface area contributed by atoms with Crippen LogP contribution in [-0.2, 0) is 12.8 Å². The van der Waals surface area contributed by atoms with E-state index in [-0.39, 0.29) is 12.5 Å². The van der Waals surface area contributed by atoms with Gasteiger partial charge in [0.15, 0.2) is 5.65 Å². The number of nitrogens with one attached hydrogen (secondary N) is 2. The zero-order valence-electron chi connectivity index (χ0n) is 16.9. The molecule has 2 atom stereocenters. The summed E-state index contributed by atoms with van der Waals surface area (Å²) in [5.74, 6) is 0.603. The summed E-state index contributed by atoms with van der Waals surface area (Å²) in [6.45, 7) is 2.52. The molecule has 30 heavy (non-hydrogen) atoms. The van der Waals surface area contributed by atoms with E-state index in [9.17, 15) is 5.11 Å². The van der Waals surface area contributed by atoms with Crippen molar-refractivity contribution in [2.24, 2.45) is 0 Å². The van der Waals surface area contributed by atoms with Crippen molar-refractivity contribution in [1.29, 1.82) is 0 Å². The number of rotatable bonds is 5. The maximum atomic E-state index is 10.4. The minimum atomic E-state index is -1.69. The van der Waals surface area contributed by atoms with Crippen molar-refractivity contribution in [2.75, 3.05) is 23.7 Å². The Bertz CT molecular complexity index is 978. The fraction of sp³-hybridized carbons (Fsp3) is 0.588. The highest BCUT2D eigenvalue weighted by Gasteiger charge is 2.36. The number of aliphatic hydroxyl groups is 1. The molecule has 12 radical (unpaired) electrons. The van der Waals surface area contributed by atoms with E-state index in [1.807, 2.05) is 6.92 Å². The number of aromatic nitrogens is 3. The van der Waals surface area contributed by atoms with Crippen molar-refractivity contribution in [3.8, 4) is 0 Å². The summed E-state index contributed by atoms with van der Waals surface area (Å²) < 4.78 is 0. The molecule has 2 aromatic heterocycles. The molecule has 0 bridgehead atoms. The molecule has 140 valence electrons. The molecule has 2 unspecified atom stereocenters. The van der Waals surface area contributed by atoms with E-state index in [1.54, 1.807) is 4.90 Å². The molecule has 3 N–H and O–H groups in total. The largest absolute Gasteiger partial charge is 0.390 e. The molecular weight excluding hydrogens is 369 g/mol. The lowest BCUT2D eigenvalue weighted by Gasteiger charge is -2.33. The summed E-state index contributed by atoms with van der Waals surface area (Å²) in [7, 11) is 34.6. The average molecular weight is 387 g/mol. The van der Waals surface area contributed by atoms with Gasteiger partial charge in [-0.2, -0.15) is 9.97 Å². The Morgan fingerprint density at radius 1 is 1.03 bits per heavy atom. The lowest BCUT2D eigenvalue weighted by Crippen LogP contribution is -2.50. The molecule has 3 heterocycles. The van der Waals surface area contributed by atoms with Crippen LogP contribution in [0.2, 0.25) is 0 Å². The van der Waals surface area contributed by atoms with Gasteiger partial charge in [-0.15, -0.1) is 0 Å². The van der Waals surface area contributed by atoms with E-state index < -0.39 is 22.6 Å². The SMILES string of the molecule is [B]C([B])([B])Nc1nc(NC2CN(C([B])([B])[B])CC2O)nc2nc3c(c(C)c12)CCC3. The van der Waals surface area contributed by atoms with Crippen molar-refractivity contribution in [3.05, 3.63) is 16.8 Å².